The first-order chi connectivity index (χ1) is 19.5. The van der Waals surface area contributed by atoms with Crippen molar-refractivity contribution in [3.05, 3.63) is 78.7 Å². The number of morpholine rings is 1. The molecule has 2 unspecified atom stereocenters. The molecule has 14 heteroatoms. The zero-order valence-electron chi connectivity index (χ0n) is 21.1. The van der Waals surface area contributed by atoms with Crippen LogP contribution in [0.1, 0.15) is 21.9 Å². The Morgan fingerprint density at radius 3 is 2.46 bits per heavy atom. The third kappa shape index (κ3) is 5.04. The number of rotatable bonds is 4. The predicted molar refractivity (Wildman–Crippen MR) is 149 cm³/mol. The molecule has 0 aliphatic carbocycles. The van der Waals surface area contributed by atoms with E-state index in [1.165, 1.54) is 10.6 Å². The maximum absolute atomic E-state index is 13.9. The van der Waals surface area contributed by atoms with Crippen LogP contribution in [0.2, 0.25) is 0 Å². The number of nitrogens with zero attached hydrogens (tertiary/aromatic N) is 3. The number of thiazole rings is 1. The molecule has 3 aliphatic heterocycles. The predicted octanol–water partition coefficient (Wildman–Crippen LogP) is 4.35. The summed E-state index contributed by atoms with van der Waals surface area (Å²) >= 11 is 5.37. The molecule has 0 bridgehead atoms. The van der Waals surface area contributed by atoms with E-state index in [1.807, 2.05) is 0 Å². The summed E-state index contributed by atoms with van der Waals surface area (Å²) in [6.45, 7) is 1.36. The van der Waals surface area contributed by atoms with Gasteiger partial charge in [-0.15, -0.1) is 0 Å². The number of halogens is 4. The number of hydrogen-bond donors (Lipinski definition) is 0. The van der Waals surface area contributed by atoms with Gasteiger partial charge in [0.2, 0.25) is 17.7 Å². The van der Waals surface area contributed by atoms with Gasteiger partial charge in [-0.25, -0.2) is 4.90 Å². The van der Waals surface area contributed by atoms with Gasteiger partial charge in [-0.1, -0.05) is 57.2 Å². The third-order valence-electron chi connectivity index (χ3n) is 7.35. The SMILES string of the molecule is O=C(Cn1c2c(sc1=O)[C@H](c1cccc(Br)c1)C1C(=O)N(c3cccc(C(F)(F)F)c3)C(=O)C1S2)N1CCOCC1. The van der Waals surface area contributed by atoms with Crippen molar-refractivity contribution in [2.24, 2.45) is 5.92 Å². The molecule has 6 rings (SSSR count). The van der Waals surface area contributed by atoms with Crippen molar-refractivity contribution >= 4 is 62.4 Å². The molecular formula is C27H21BrF3N3O5S2. The fraction of sp³-hybridized carbons (Fsp3) is 0.333. The molecule has 8 nitrogen and oxygen atoms in total. The van der Waals surface area contributed by atoms with Crippen LogP contribution in [-0.2, 0) is 31.8 Å². The lowest BCUT2D eigenvalue weighted by Crippen LogP contribution is -2.43. The highest BCUT2D eigenvalue weighted by Crippen LogP contribution is 2.54. The monoisotopic (exact) mass is 667 g/mol. The number of anilines is 1. The Kier molecular flexibility index (Phi) is 7.37. The summed E-state index contributed by atoms with van der Waals surface area (Å²) in [5.41, 5.74) is -0.479. The number of imide groups is 1. The number of aromatic nitrogens is 1. The van der Waals surface area contributed by atoms with Crippen LogP contribution in [0.3, 0.4) is 0 Å². The van der Waals surface area contributed by atoms with E-state index < -0.39 is 45.5 Å². The summed E-state index contributed by atoms with van der Waals surface area (Å²) in [5, 5.41) is -0.591. The van der Waals surface area contributed by atoms with Crippen LogP contribution in [-0.4, -0.2) is 58.7 Å². The van der Waals surface area contributed by atoms with Crippen LogP contribution in [0.25, 0.3) is 0 Å². The molecule has 2 aromatic carbocycles. The van der Waals surface area contributed by atoms with Crippen molar-refractivity contribution in [3.8, 4) is 0 Å². The summed E-state index contributed by atoms with van der Waals surface area (Å²) in [4.78, 5) is 56.6. The summed E-state index contributed by atoms with van der Waals surface area (Å²) in [6, 6.07) is 11.3. The van der Waals surface area contributed by atoms with E-state index in [0.717, 1.165) is 46.2 Å². The highest BCUT2D eigenvalue weighted by atomic mass is 79.9. The van der Waals surface area contributed by atoms with Gasteiger partial charge in [0.05, 0.1) is 35.4 Å². The molecule has 41 heavy (non-hydrogen) atoms. The molecular weight excluding hydrogens is 647 g/mol. The molecule has 214 valence electrons. The number of alkyl halides is 3. The van der Waals surface area contributed by atoms with Crippen LogP contribution >= 0.6 is 39.0 Å². The molecule has 3 amide bonds. The molecule has 0 spiro atoms. The number of carbonyl (C=O) groups excluding carboxylic acids is 3. The molecule has 3 atom stereocenters. The Hall–Kier alpha value is -2.94. The quantitative estimate of drug-likeness (QED) is 0.385. The average molecular weight is 669 g/mol. The minimum Gasteiger partial charge on any atom is -0.378 e. The first-order valence-electron chi connectivity index (χ1n) is 12.6. The van der Waals surface area contributed by atoms with Crippen molar-refractivity contribution in [2.75, 3.05) is 31.2 Å². The molecule has 2 fully saturated rings. The fourth-order valence-corrected chi connectivity index (χ4v) is 8.63. The Morgan fingerprint density at radius 2 is 1.76 bits per heavy atom. The number of fused-ring (bicyclic) bond motifs is 2. The van der Waals surface area contributed by atoms with Gasteiger partial charge >= 0.3 is 11.0 Å². The highest BCUT2D eigenvalue weighted by molar-refractivity contribution is 9.10. The lowest BCUT2D eigenvalue weighted by atomic mass is 9.83. The van der Waals surface area contributed by atoms with Gasteiger partial charge in [0.15, 0.2) is 0 Å². The van der Waals surface area contributed by atoms with Crippen LogP contribution in [0.15, 0.2) is 62.8 Å². The van der Waals surface area contributed by atoms with Gasteiger partial charge in [0, 0.05) is 28.4 Å². The van der Waals surface area contributed by atoms with E-state index in [4.69, 9.17) is 4.74 Å². The minimum atomic E-state index is -4.66. The van der Waals surface area contributed by atoms with Gasteiger partial charge in [-0.05, 0) is 35.9 Å². The van der Waals surface area contributed by atoms with Crippen molar-refractivity contribution in [1.82, 2.24) is 9.47 Å². The summed E-state index contributed by atoms with van der Waals surface area (Å²) < 4.78 is 47.7. The second-order valence-corrected chi connectivity index (χ2v) is 12.8. The third-order valence-corrected chi connectivity index (χ3v) is 10.4. The van der Waals surface area contributed by atoms with Crippen LogP contribution in [0.4, 0.5) is 18.9 Å². The van der Waals surface area contributed by atoms with Crippen molar-refractivity contribution < 1.29 is 32.3 Å². The number of thioether (sulfide) groups is 1. The van der Waals surface area contributed by atoms with E-state index in [0.29, 0.717) is 46.2 Å². The topological polar surface area (TPSA) is 88.9 Å². The van der Waals surface area contributed by atoms with Gasteiger partial charge in [0.25, 0.3) is 0 Å². The van der Waals surface area contributed by atoms with Crippen molar-refractivity contribution in [1.29, 1.82) is 0 Å². The lowest BCUT2D eigenvalue weighted by molar-refractivity contribution is -0.138. The zero-order valence-corrected chi connectivity index (χ0v) is 24.3. The summed E-state index contributed by atoms with van der Waals surface area (Å²) in [6.07, 6.45) is -4.66. The van der Waals surface area contributed by atoms with E-state index in [-0.39, 0.29) is 18.1 Å². The lowest BCUT2D eigenvalue weighted by Gasteiger charge is -2.31. The Bertz CT molecular complexity index is 1620. The fourth-order valence-electron chi connectivity index (χ4n) is 5.44. The molecule has 2 saturated heterocycles. The van der Waals surface area contributed by atoms with Gasteiger partial charge < -0.3 is 9.64 Å². The molecule has 1 aromatic heterocycles. The molecule has 3 aromatic rings. The smallest absolute Gasteiger partial charge is 0.378 e. The Balaban J connectivity index is 1.43. The van der Waals surface area contributed by atoms with Crippen molar-refractivity contribution in [2.45, 2.75) is 28.9 Å². The van der Waals surface area contributed by atoms with E-state index in [2.05, 4.69) is 15.9 Å². The highest BCUT2D eigenvalue weighted by Gasteiger charge is 2.57. The molecule has 4 heterocycles. The zero-order chi connectivity index (χ0) is 29.1. The second kappa shape index (κ2) is 10.7. The first kappa shape index (κ1) is 28.2. The summed E-state index contributed by atoms with van der Waals surface area (Å²) in [5.74, 6) is -3.26. The van der Waals surface area contributed by atoms with Crippen LogP contribution < -0.4 is 9.77 Å². The standard InChI is InChI=1S/C27H21BrF3N3O5S2/c28-16-5-1-3-14(11-16)19-20-21(24(37)34(23(20)36)17-6-2-4-15(12-17)27(29,30)31)40-25-22(19)41-26(38)33(25)13-18(35)32-7-9-39-10-8-32/h1-6,11-12,19-21H,7-10,13H2/t19-,20?,21?/m1/s1. The average Bonchev–Trinajstić information content (AvgIpc) is 3.39. The molecule has 3 aliphatic rings. The number of benzene rings is 2. The Morgan fingerprint density at radius 1 is 1.02 bits per heavy atom. The summed E-state index contributed by atoms with van der Waals surface area (Å²) in [7, 11) is 0. The van der Waals surface area contributed by atoms with E-state index in [1.54, 1.807) is 29.2 Å². The van der Waals surface area contributed by atoms with Crippen LogP contribution in [0.5, 0.6) is 0 Å². The van der Waals surface area contributed by atoms with Gasteiger partial charge in [-0.2, -0.15) is 13.2 Å². The minimum absolute atomic E-state index is 0.166. The number of hydrogen-bond acceptors (Lipinski definition) is 7. The van der Waals surface area contributed by atoms with Crippen molar-refractivity contribution in [3.63, 3.8) is 0 Å². The number of ether oxygens (including phenoxy) is 1. The number of amides is 3. The molecule has 0 N–H and O–H groups in total. The van der Waals surface area contributed by atoms with Gasteiger partial charge in [-0.3, -0.25) is 23.7 Å². The molecule has 0 radical (unpaired) electrons. The number of carbonyl (C=O) groups is 3. The largest absolute Gasteiger partial charge is 0.416 e. The van der Waals surface area contributed by atoms with Gasteiger partial charge in [0.1, 0.15) is 11.8 Å². The first-order valence-corrected chi connectivity index (χ1v) is 15.1. The molecule has 0 saturated carbocycles. The second-order valence-electron chi connectivity index (χ2n) is 9.77. The normalized spacial score (nSPS) is 22.6. The van der Waals surface area contributed by atoms with E-state index >= 15 is 0 Å². The van der Waals surface area contributed by atoms with E-state index in [9.17, 15) is 32.3 Å². The maximum Gasteiger partial charge on any atom is 0.416 e. The van der Waals surface area contributed by atoms with Crippen LogP contribution in [0, 0.1) is 5.92 Å². The maximum atomic E-state index is 13.9. The Labute approximate surface area is 248 Å².